The average molecular weight is 587 g/mol. The van der Waals surface area contributed by atoms with E-state index in [9.17, 15) is 0 Å². The maximum atomic E-state index is 9.15. The SMILES string of the molecule is N#Cc1ccc(-c2ccc(-n3c4ccccc4c4ccc(-c5ccc6c(c5)c5ccccc5n6-c5ccccc5)cc43)cc2)nc1. The first-order valence-corrected chi connectivity index (χ1v) is 15.4. The topological polar surface area (TPSA) is 46.5 Å². The second-order valence-electron chi connectivity index (χ2n) is 11.6. The van der Waals surface area contributed by atoms with Crippen molar-refractivity contribution in [2.75, 3.05) is 0 Å². The van der Waals surface area contributed by atoms with Gasteiger partial charge in [-0.1, -0.05) is 84.9 Å². The molecule has 0 aliphatic rings. The van der Waals surface area contributed by atoms with Gasteiger partial charge >= 0.3 is 0 Å². The minimum atomic E-state index is 0.558. The molecule has 0 bridgehead atoms. The fourth-order valence-corrected chi connectivity index (χ4v) is 6.85. The third-order valence-corrected chi connectivity index (χ3v) is 9.01. The Morgan fingerprint density at radius 3 is 1.72 bits per heavy atom. The van der Waals surface area contributed by atoms with E-state index < -0.39 is 0 Å². The van der Waals surface area contributed by atoms with Gasteiger partial charge in [0.25, 0.3) is 0 Å². The monoisotopic (exact) mass is 586 g/mol. The van der Waals surface area contributed by atoms with E-state index >= 15 is 0 Å². The lowest BCUT2D eigenvalue weighted by Crippen LogP contribution is -1.94. The van der Waals surface area contributed by atoms with Crippen LogP contribution in [0.1, 0.15) is 5.56 Å². The zero-order valence-corrected chi connectivity index (χ0v) is 24.8. The maximum absolute atomic E-state index is 9.15. The zero-order chi connectivity index (χ0) is 30.6. The van der Waals surface area contributed by atoms with E-state index in [4.69, 9.17) is 5.26 Å². The molecule has 0 fully saturated rings. The first-order valence-electron chi connectivity index (χ1n) is 15.4. The Morgan fingerprint density at radius 1 is 0.435 bits per heavy atom. The summed E-state index contributed by atoms with van der Waals surface area (Å²) in [6, 6.07) is 55.9. The number of hydrogen-bond acceptors (Lipinski definition) is 2. The van der Waals surface area contributed by atoms with Crippen molar-refractivity contribution >= 4 is 43.6 Å². The van der Waals surface area contributed by atoms with Crippen LogP contribution < -0.4 is 0 Å². The van der Waals surface area contributed by atoms with Crippen molar-refractivity contribution < 1.29 is 0 Å². The van der Waals surface area contributed by atoms with Gasteiger partial charge in [-0.05, 0) is 77.9 Å². The van der Waals surface area contributed by atoms with Gasteiger partial charge in [0.15, 0.2) is 0 Å². The Hall–Kier alpha value is -6.44. The van der Waals surface area contributed by atoms with Crippen LogP contribution in [0, 0.1) is 11.3 Å². The predicted molar refractivity (Wildman–Crippen MR) is 189 cm³/mol. The number of para-hydroxylation sites is 3. The molecule has 0 unspecified atom stereocenters. The van der Waals surface area contributed by atoms with Gasteiger partial charge in [-0.3, -0.25) is 4.98 Å². The van der Waals surface area contributed by atoms with E-state index in [0.717, 1.165) is 28.1 Å². The molecule has 0 aliphatic heterocycles. The first-order chi connectivity index (χ1) is 22.8. The second kappa shape index (κ2) is 10.3. The van der Waals surface area contributed by atoms with Gasteiger partial charge in [-0.25, -0.2) is 0 Å². The highest BCUT2D eigenvalue weighted by atomic mass is 15.0. The van der Waals surface area contributed by atoms with Crippen LogP contribution in [-0.4, -0.2) is 14.1 Å². The molecule has 214 valence electrons. The molecular formula is C42H26N4. The van der Waals surface area contributed by atoms with E-state index in [-0.39, 0.29) is 0 Å². The van der Waals surface area contributed by atoms with Gasteiger partial charge < -0.3 is 9.13 Å². The van der Waals surface area contributed by atoms with Crippen molar-refractivity contribution in [1.29, 1.82) is 5.26 Å². The van der Waals surface area contributed by atoms with Crippen molar-refractivity contribution in [1.82, 2.24) is 14.1 Å². The molecule has 9 aromatic rings. The molecule has 0 atom stereocenters. The maximum Gasteiger partial charge on any atom is 0.101 e. The van der Waals surface area contributed by atoms with Crippen LogP contribution in [0.25, 0.3) is 77.4 Å². The van der Waals surface area contributed by atoms with Gasteiger partial charge in [0, 0.05) is 44.7 Å². The van der Waals surface area contributed by atoms with E-state index in [1.807, 2.05) is 12.1 Å². The summed E-state index contributed by atoms with van der Waals surface area (Å²) in [6.07, 6.45) is 1.62. The number of pyridine rings is 1. The molecule has 0 radical (unpaired) electrons. The van der Waals surface area contributed by atoms with Crippen LogP contribution >= 0.6 is 0 Å². The normalized spacial score (nSPS) is 11.5. The Kier molecular flexibility index (Phi) is 5.84. The van der Waals surface area contributed by atoms with Gasteiger partial charge in [0.05, 0.1) is 33.3 Å². The van der Waals surface area contributed by atoms with Crippen molar-refractivity contribution in [3.05, 3.63) is 163 Å². The summed E-state index contributed by atoms with van der Waals surface area (Å²) in [5, 5.41) is 14.1. The molecule has 0 N–H and O–H groups in total. The molecule has 9 rings (SSSR count). The highest BCUT2D eigenvalue weighted by Gasteiger charge is 2.16. The Labute approximate surface area is 265 Å². The summed E-state index contributed by atoms with van der Waals surface area (Å²) < 4.78 is 4.70. The Bertz CT molecular complexity index is 2620. The minimum absolute atomic E-state index is 0.558. The first kappa shape index (κ1) is 26.0. The van der Waals surface area contributed by atoms with E-state index in [2.05, 4.69) is 160 Å². The number of benzene rings is 6. The molecule has 3 aromatic heterocycles. The lowest BCUT2D eigenvalue weighted by Gasteiger charge is -2.11. The van der Waals surface area contributed by atoms with E-state index in [1.54, 1.807) is 6.20 Å². The fraction of sp³-hybridized carbons (Fsp3) is 0. The van der Waals surface area contributed by atoms with E-state index in [1.165, 1.54) is 49.2 Å². The summed E-state index contributed by atoms with van der Waals surface area (Å²) in [5.74, 6) is 0. The third-order valence-electron chi connectivity index (χ3n) is 9.01. The summed E-state index contributed by atoms with van der Waals surface area (Å²) in [4.78, 5) is 4.49. The van der Waals surface area contributed by atoms with Crippen LogP contribution in [0.3, 0.4) is 0 Å². The summed E-state index contributed by atoms with van der Waals surface area (Å²) in [6.45, 7) is 0. The van der Waals surface area contributed by atoms with Gasteiger partial charge in [-0.2, -0.15) is 5.26 Å². The van der Waals surface area contributed by atoms with Crippen LogP contribution in [0.2, 0.25) is 0 Å². The molecule has 0 saturated heterocycles. The number of fused-ring (bicyclic) bond motifs is 6. The van der Waals surface area contributed by atoms with Crippen LogP contribution in [-0.2, 0) is 0 Å². The molecule has 6 aromatic carbocycles. The van der Waals surface area contributed by atoms with E-state index in [0.29, 0.717) is 5.56 Å². The molecule has 46 heavy (non-hydrogen) atoms. The largest absolute Gasteiger partial charge is 0.309 e. The predicted octanol–water partition coefficient (Wildman–Crippen LogP) is 10.5. The minimum Gasteiger partial charge on any atom is -0.309 e. The Morgan fingerprint density at radius 2 is 1.00 bits per heavy atom. The number of rotatable bonds is 4. The molecule has 0 amide bonds. The van der Waals surface area contributed by atoms with Crippen LogP contribution in [0.5, 0.6) is 0 Å². The average Bonchev–Trinajstić information content (AvgIpc) is 3.64. The molecule has 4 nitrogen and oxygen atoms in total. The zero-order valence-electron chi connectivity index (χ0n) is 24.8. The van der Waals surface area contributed by atoms with Gasteiger partial charge in [0.1, 0.15) is 6.07 Å². The van der Waals surface area contributed by atoms with Gasteiger partial charge in [0.2, 0.25) is 0 Å². The van der Waals surface area contributed by atoms with Crippen molar-refractivity contribution in [3.8, 4) is 39.8 Å². The Balaban J connectivity index is 1.20. The molecule has 0 aliphatic carbocycles. The highest BCUT2D eigenvalue weighted by molar-refractivity contribution is 6.12. The molecule has 3 heterocycles. The number of hydrogen-bond donors (Lipinski definition) is 0. The molecule has 0 saturated carbocycles. The molecular weight excluding hydrogens is 560 g/mol. The summed E-state index contributed by atoms with van der Waals surface area (Å²) in [7, 11) is 0. The number of nitrogens with zero attached hydrogens (tertiary/aromatic N) is 4. The van der Waals surface area contributed by atoms with Crippen LogP contribution in [0.4, 0.5) is 0 Å². The lowest BCUT2D eigenvalue weighted by atomic mass is 10.0. The standard InChI is InChI=1S/C42H26N4/c43-26-28-14-22-38(44-27-28)29-15-19-33(20-16-29)46-39-12-6-4-10-34(39)36-21-17-31(25-42(36)46)30-18-23-41-37(24-30)35-11-5-7-13-40(35)45(41)32-8-2-1-3-9-32/h1-25,27H. The summed E-state index contributed by atoms with van der Waals surface area (Å²) in [5.41, 5.74) is 11.8. The quantitative estimate of drug-likeness (QED) is 0.206. The molecule has 4 heteroatoms. The van der Waals surface area contributed by atoms with Crippen molar-refractivity contribution in [2.24, 2.45) is 0 Å². The number of nitriles is 1. The fourth-order valence-electron chi connectivity index (χ4n) is 6.85. The van der Waals surface area contributed by atoms with Crippen molar-refractivity contribution in [2.45, 2.75) is 0 Å². The molecule has 0 spiro atoms. The third kappa shape index (κ3) is 4.03. The smallest absolute Gasteiger partial charge is 0.101 e. The van der Waals surface area contributed by atoms with Gasteiger partial charge in [-0.15, -0.1) is 0 Å². The summed E-state index contributed by atoms with van der Waals surface area (Å²) >= 11 is 0. The lowest BCUT2D eigenvalue weighted by molar-refractivity contribution is 1.18. The highest BCUT2D eigenvalue weighted by Crippen LogP contribution is 2.38. The second-order valence-corrected chi connectivity index (χ2v) is 11.6. The number of aromatic nitrogens is 3. The van der Waals surface area contributed by atoms with Crippen molar-refractivity contribution in [3.63, 3.8) is 0 Å². The van der Waals surface area contributed by atoms with Crippen LogP contribution in [0.15, 0.2) is 158 Å².